The minimum absolute atomic E-state index is 0.0602. The van der Waals surface area contributed by atoms with Crippen molar-refractivity contribution in [3.63, 3.8) is 0 Å². The van der Waals surface area contributed by atoms with E-state index in [-0.39, 0.29) is 23.1 Å². The summed E-state index contributed by atoms with van der Waals surface area (Å²) in [6.45, 7) is 3.27. The second-order valence-electron chi connectivity index (χ2n) is 6.43. The van der Waals surface area contributed by atoms with Crippen molar-refractivity contribution in [3.05, 3.63) is 57.1 Å². The van der Waals surface area contributed by atoms with E-state index in [0.717, 1.165) is 25.0 Å². The molecule has 1 aromatic carbocycles. The number of carboxylic acid groups (broad SMARTS) is 1. The number of alkyl halides is 3. The Balaban J connectivity index is 0.000000596. The minimum Gasteiger partial charge on any atom is -0.481 e. The third-order valence-electron chi connectivity index (χ3n) is 4.31. The van der Waals surface area contributed by atoms with Crippen LogP contribution in [0.4, 0.5) is 13.2 Å². The number of rotatable bonds is 2. The van der Waals surface area contributed by atoms with Gasteiger partial charge in [0.2, 0.25) is 0 Å². The summed E-state index contributed by atoms with van der Waals surface area (Å²) in [4.78, 5) is 20.2. The van der Waals surface area contributed by atoms with Crippen LogP contribution in [-0.4, -0.2) is 22.8 Å². The van der Waals surface area contributed by atoms with Crippen LogP contribution in [0.1, 0.15) is 54.2 Å². The topological polar surface area (TPSA) is 95.3 Å². The van der Waals surface area contributed by atoms with Gasteiger partial charge >= 0.3 is 6.18 Å². The molecule has 0 amide bonds. The van der Waals surface area contributed by atoms with Crippen LogP contribution in [-0.2, 0) is 11.0 Å². The number of aromatic amines is 1. The fourth-order valence-electron chi connectivity index (χ4n) is 3.15. The summed E-state index contributed by atoms with van der Waals surface area (Å²) in [6.07, 6.45) is -2.85. The molecule has 0 bridgehead atoms. The van der Waals surface area contributed by atoms with Gasteiger partial charge in [-0.3, -0.25) is 9.59 Å². The Morgan fingerprint density at radius 2 is 1.96 bits per heavy atom. The number of aryl methyl sites for hydroxylation is 1. The van der Waals surface area contributed by atoms with Crippen LogP contribution in [0.15, 0.2) is 33.6 Å². The van der Waals surface area contributed by atoms with Crippen molar-refractivity contribution in [2.75, 3.05) is 6.54 Å². The molecule has 2 aromatic rings. The molecule has 3 N–H and O–H groups in total. The molecule has 0 aliphatic carbocycles. The molecule has 1 fully saturated rings. The van der Waals surface area contributed by atoms with E-state index in [0.29, 0.717) is 18.7 Å². The van der Waals surface area contributed by atoms with Crippen molar-refractivity contribution in [1.82, 2.24) is 10.5 Å². The first-order valence-corrected chi connectivity index (χ1v) is 8.37. The number of carbonyl (C=O) groups is 1. The molecule has 27 heavy (non-hydrogen) atoms. The molecule has 3 rings (SSSR count). The second kappa shape index (κ2) is 8.43. The van der Waals surface area contributed by atoms with Gasteiger partial charge in [0.1, 0.15) is 5.76 Å². The molecule has 1 saturated heterocycles. The van der Waals surface area contributed by atoms with E-state index in [1.165, 1.54) is 19.1 Å². The van der Waals surface area contributed by atoms with Crippen molar-refractivity contribution < 1.29 is 27.6 Å². The number of aromatic nitrogens is 1. The molecule has 1 aromatic heterocycles. The third kappa shape index (κ3) is 5.72. The molecule has 0 unspecified atom stereocenters. The Bertz CT molecular complexity index is 838. The van der Waals surface area contributed by atoms with Crippen LogP contribution in [0.25, 0.3) is 0 Å². The van der Waals surface area contributed by atoms with Gasteiger partial charge in [0.15, 0.2) is 0 Å². The van der Waals surface area contributed by atoms with Crippen LogP contribution in [0.2, 0.25) is 0 Å². The lowest BCUT2D eigenvalue weighted by molar-refractivity contribution is -0.138. The van der Waals surface area contributed by atoms with Crippen LogP contribution in [0.5, 0.6) is 0 Å². The number of nitrogens with one attached hydrogen (secondary N) is 2. The van der Waals surface area contributed by atoms with E-state index >= 15 is 0 Å². The van der Waals surface area contributed by atoms with Gasteiger partial charge in [-0.2, -0.15) is 18.3 Å². The molecule has 1 aliphatic rings. The monoisotopic (exact) mass is 386 g/mol. The summed E-state index contributed by atoms with van der Waals surface area (Å²) >= 11 is 0. The fourth-order valence-corrected chi connectivity index (χ4v) is 3.15. The summed E-state index contributed by atoms with van der Waals surface area (Å²) in [7, 11) is 0. The van der Waals surface area contributed by atoms with Crippen LogP contribution >= 0.6 is 0 Å². The first-order valence-electron chi connectivity index (χ1n) is 8.37. The van der Waals surface area contributed by atoms with Crippen molar-refractivity contribution in [2.24, 2.45) is 0 Å². The standard InChI is InChI=1S/C16H17F3N2O2.C2H4O2/c1-9-6-10(2-3-12(9)16(17,18)19)13-7-11(4-5-20-13)14-8-15(22)21-23-14;1-2(3)4/h2-3,6,8,11,13,20H,4-5,7H2,1H3,(H,21,22);1H3,(H,3,4)/t11-,13+;/m0./s1. The molecule has 0 saturated carbocycles. The number of halogens is 3. The average Bonchev–Trinajstić information content (AvgIpc) is 3.00. The Kier molecular flexibility index (Phi) is 6.48. The highest BCUT2D eigenvalue weighted by atomic mass is 19.4. The van der Waals surface area contributed by atoms with Crippen molar-refractivity contribution >= 4 is 5.97 Å². The average molecular weight is 386 g/mol. The lowest BCUT2D eigenvalue weighted by Gasteiger charge is -2.29. The van der Waals surface area contributed by atoms with Crippen molar-refractivity contribution in [2.45, 2.75) is 44.8 Å². The zero-order valence-corrected chi connectivity index (χ0v) is 14.9. The maximum atomic E-state index is 12.8. The van der Waals surface area contributed by atoms with Gasteiger partial charge in [-0.05, 0) is 43.5 Å². The predicted molar refractivity (Wildman–Crippen MR) is 91.5 cm³/mol. The molecular weight excluding hydrogens is 365 g/mol. The van der Waals surface area contributed by atoms with Gasteiger partial charge in [0.05, 0.1) is 5.56 Å². The van der Waals surface area contributed by atoms with Crippen LogP contribution in [0.3, 0.4) is 0 Å². The van der Waals surface area contributed by atoms with Crippen LogP contribution in [0, 0.1) is 6.92 Å². The van der Waals surface area contributed by atoms with Crippen molar-refractivity contribution in [3.8, 4) is 0 Å². The summed E-state index contributed by atoms with van der Waals surface area (Å²) in [5, 5.41) is 13.0. The summed E-state index contributed by atoms with van der Waals surface area (Å²) < 4.78 is 43.7. The molecule has 0 spiro atoms. The van der Waals surface area contributed by atoms with E-state index in [1.54, 1.807) is 6.07 Å². The van der Waals surface area contributed by atoms with E-state index in [2.05, 4.69) is 10.5 Å². The number of hydrogen-bond acceptors (Lipinski definition) is 4. The third-order valence-corrected chi connectivity index (χ3v) is 4.31. The molecule has 9 heteroatoms. The lowest BCUT2D eigenvalue weighted by atomic mass is 9.86. The lowest BCUT2D eigenvalue weighted by Crippen LogP contribution is -2.31. The predicted octanol–water partition coefficient (Wildman–Crippen LogP) is 3.59. The van der Waals surface area contributed by atoms with Gasteiger partial charge in [0.25, 0.3) is 11.5 Å². The number of carboxylic acids is 1. The molecule has 148 valence electrons. The maximum Gasteiger partial charge on any atom is 0.416 e. The van der Waals surface area contributed by atoms with Gasteiger partial charge in [-0.1, -0.05) is 12.1 Å². The first-order chi connectivity index (χ1) is 12.6. The van der Waals surface area contributed by atoms with E-state index in [4.69, 9.17) is 14.4 Å². The molecule has 0 radical (unpaired) electrons. The van der Waals surface area contributed by atoms with Gasteiger partial charge in [-0.25, -0.2) is 0 Å². The SMILES string of the molecule is CC(=O)O.Cc1cc([C@H]2C[C@@H](c3cc(=O)[nH]o3)CCN2)ccc1C(F)(F)F. The highest BCUT2D eigenvalue weighted by Gasteiger charge is 2.33. The molecular formula is C18H21F3N2O4. The molecule has 2 heterocycles. The molecule has 2 atom stereocenters. The van der Waals surface area contributed by atoms with Crippen LogP contribution < -0.4 is 10.9 Å². The summed E-state index contributed by atoms with van der Waals surface area (Å²) in [6, 6.07) is 5.60. The first kappa shape index (κ1) is 20.8. The van der Waals surface area contributed by atoms with E-state index in [9.17, 15) is 18.0 Å². The van der Waals surface area contributed by atoms with Gasteiger partial charge < -0.3 is 14.9 Å². The summed E-state index contributed by atoms with van der Waals surface area (Å²) in [5.41, 5.74) is 0.149. The smallest absolute Gasteiger partial charge is 0.416 e. The molecule has 6 nitrogen and oxygen atoms in total. The Hall–Kier alpha value is -2.55. The number of piperidine rings is 1. The normalized spacial score (nSPS) is 19.9. The van der Waals surface area contributed by atoms with E-state index in [1.807, 2.05) is 0 Å². The second-order valence-corrected chi connectivity index (χ2v) is 6.43. The van der Waals surface area contributed by atoms with Crippen molar-refractivity contribution in [1.29, 1.82) is 0 Å². The zero-order valence-electron chi connectivity index (χ0n) is 14.9. The quantitative estimate of drug-likeness (QED) is 0.733. The Morgan fingerprint density at radius 1 is 1.30 bits per heavy atom. The zero-order chi connectivity index (χ0) is 20.2. The van der Waals surface area contributed by atoms with Gasteiger partial charge in [-0.15, -0.1) is 0 Å². The van der Waals surface area contributed by atoms with Gasteiger partial charge in [0, 0.05) is 24.9 Å². The minimum atomic E-state index is -4.33. The highest BCUT2D eigenvalue weighted by Crippen LogP contribution is 2.36. The largest absolute Gasteiger partial charge is 0.481 e. The Morgan fingerprint density at radius 3 is 2.48 bits per heavy atom. The maximum absolute atomic E-state index is 12.8. The Labute approximate surface area is 153 Å². The highest BCUT2D eigenvalue weighted by molar-refractivity contribution is 5.62. The number of hydrogen-bond donors (Lipinski definition) is 3. The fraction of sp³-hybridized carbons (Fsp3) is 0.444. The number of benzene rings is 1. The number of aliphatic carboxylic acids is 1. The number of H-pyrrole nitrogens is 1. The van der Waals surface area contributed by atoms with E-state index < -0.39 is 17.7 Å². The summed E-state index contributed by atoms with van der Waals surface area (Å²) in [5.74, 6) is -0.159. The molecule has 1 aliphatic heterocycles.